The van der Waals surface area contributed by atoms with Crippen LogP contribution in [0.1, 0.15) is 23.2 Å². The normalized spacial score (nSPS) is 14.3. The van der Waals surface area contributed by atoms with Crippen LogP contribution in [0.2, 0.25) is 0 Å². The molecule has 0 bridgehead atoms. The van der Waals surface area contributed by atoms with E-state index >= 15 is 0 Å². The average molecular weight is 329 g/mol. The molecule has 112 valence electrons. The van der Waals surface area contributed by atoms with E-state index in [1.165, 1.54) is 9.77 Å². The van der Waals surface area contributed by atoms with Crippen molar-refractivity contribution < 1.29 is 0 Å². The Hall–Kier alpha value is -1.66. The third kappa shape index (κ3) is 2.27. The van der Waals surface area contributed by atoms with E-state index in [2.05, 4.69) is 15.0 Å². The number of aromatic nitrogens is 3. The molecule has 0 atom stereocenters. The van der Waals surface area contributed by atoms with Gasteiger partial charge in [-0.3, -0.25) is 4.79 Å². The molecule has 22 heavy (non-hydrogen) atoms. The summed E-state index contributed by atoms with van der Waals surface area (Å²) in [5.74, 6) is 1.69. The minimum absolute atomic E-state index is 0.0408. The zero-order valence-corrected chi connectivity index (χ0v) is 14.0. The van der Waals surface area contributed by atoms with Gasteiger partial charge in [-0.25, -0.2) is 9.97 Å². The maximum absolute atomic E-state index is 12.5. The standard InChI is InChI=1S/C16H15N3OS2/c1-8-6-9(2)17-11(7-8)13-18-14(20)12-10-4-3-5-21-16(10)22-15(12)19-13/h6-7H,3-5H2,1-2H3,(H,18,19,20). The second-order valence-corrected chi connectivity index (χ2v) is 7.95. The van der Waals surface area contributed by atoms with Gasteiger partial charge in [0.2, 0.25) is 0 Å². The second kappa shape index (κ2) is 5.21. The summed E-state index contributed by atoms with van der Waals surface area (Å²) in [6.45, 7) is 3.98. The van der Waals surface area contributed by atoms with Gasteiger partial charge in [-0.1, -0.05) is 0 Å². The van der Waals surface area contributed by atoms with E-state index in [1.807, 2.05) is 37.7 Å². The number of rotatable bonds is 1. The van der Waals surface area contributed by atoms with E-state index in [-0.39, 0.29) is 5.56 Å². The van der Waals surface area contributed by atoms with E-state index in [0.29, 0.717) is 5.82 Å². The van der Waals surface area contributed by atoms with Crippen molar-refractivity contribution in [3.63, 3.8) is 0 Å². The van der Waals surface area contributed by atoms with Crippen LogP contribution in [-0.2, 0) is 6.42 Å². The molecular formula is C16H15N3OS2. The highest BCUT2D eigenvalue weighted by atomic mass is 32.2. The minimum atomic E-state index is -0.0408. The molecule has 0 spiro atoms. The molecule has 0 amide bonds. The number of nitrogens with one attached hydrogen (secondary N) is 1. The first-order valence-electron chi connectivity index (χ1n) is 7.26. The van der Waals surface area contributed by atoms with Gasteiger partial charge in [0, 0.05) is 5.69 Å². The van der Waals surface area contributed by atoms with Gasteiger partial charge >= 0.3 is 0 Å². The molecule has 4 nitrogen and oxygen atoms in total. The van der Waals surface area contributed by atoms with Crippen LogP contribution in [-0.4, -0.2) is 20.7 Å². The van der Waals surface area contributed by atoms with Crippen molar-refractivity contribution in [3.05, 3.63) is 39.3 Å². The molecule has 1 aliphatic heterocycles. The van der Waals surface area contributed by atoms with Crippen LogP contribution in [0.25, 0.3) is 21.7 Å². The Bertz CT molecular complexity index is 922. The van der Waals surface area contributed by atoms with Crippen molar-refractivity contribution in [1.82, 2.24) is 15.0 Å². The predicted octanol–water partition coefficient (Wildman–Crippen LogP) is 3.70. The van der Waals surface area contributed by atoms with Gasteiger partial charge in [0.15, 0.2) is 5.82 Å². The molecule has 0 fully saturated rings. The molecule has 0 aromatic carbocycles. The Kier molecular flexibility index (Phi) is 3.31. The molecule has 0 saturated heterocycles. The predicted molar refractivity (Wildman–Crippen MR) is 92.0 cm³/mol. The van der Waals surface area contributed by atoms with Crippen LogP contribution in [0.3, 0.4) is 0 Å². The number of pyridine rings is 1. The highest BCUT2D eigenvalue weighted by Crippen LogP contribution is 2.40. The summed E-state index contributed by atoms with van der Waals surface area (Å²) in [6.07, 6.45) is 2.11. The van der Waals surface area contributed by atoms with Crippen molar-refractivity contribution in [2.75, 3.05) is 5.75 Å². The topological polar surface area (TPSA) is 58.6 Å². The van der Waals surface area contributed by atoms with Crippen LogP contribution >= 0.6 is 23.1 Å². The lowest BCUT2D eigenvalue weighted by Crippen LogP contribution is -2.11. The van der Waals surface area contributed by atoms with E-state index in [1.54, 1.807) is 11.3 Å². The molecule has 0 saturated carbocycles. The number of aryl methyl sites for hydroxylation is 3. The molecule has 3 aromatic heterocycles. The first-order valence-corrected chi connectivity index (χ1v) is 9.06. The van der Waals surface area contributed by atoms with Crippen LogP contribution < -0.4 is 5.56 Å². The zero-order chi connectivity index (χ0) is 15.3. The number of hydrogen-bond acceptors (Lipinski definition) is 5. The van der Waals surface area contributed by atoms with Crippen molar-refractivity contribution in [3.8, 4) is 11.5 Å². The largest absolute Gasteiger partial charge is 0.305 e. The Morgan fingerprint density at radius 2 is 2.09 bits per heavy atom. The van der Waals surface area contributed by atoms with E-state index in [0.717, 1.165) is 45.8 Å². The number of aromatic amines is 1. The monoisotopic (exact) mass is 329 g/mol. The fourth-order valence-electron chi connectivity index (χ4n) is 2.89. The second-order valence-electron chi connectivity index (χ2n) is 5.59. The summed E-state index contributed by atoms with van der Waals surface area (Å²) in [4.78, 5) is 25.5. The molecule has 4 rings (SSSR count). The fraction of sp³-hybridized carbons (Fsp3) is 0.312. The molecule has 3 aromatic rings. The van der Waals surface area contributed by atoms with Crippen LogP contribution in [0.4, 0.5) is 0 Å². The SMILES string of the molecule is Cc1cc(C)nc(-c2nc3sc4c(c3c(=O)[nH]2)CCCS4)c1. The Morgan fingerprint density at radius 1 is 1.23 bits per heavy atom. The summed E-state index contributed by atoms with van der Waals surface area (Å²) >= 11 is 3.48. The quantitative estimate of drug-likeness (QED) is 0.739. The van der Waals surface area contributed by atoms with Crippen LogP contribution in [0.15, 0.2) is 21.1 Å². The Labute approximate surface area is 136 Å². The fourth-order valence-corrected chi connectivity index (χ4v) is 5.42. The van der Waals surface area contributed by atoms with Gasteiger partial charge in [0.25, 0.3) is 5.56 Å². The molecule has 0 unspecified atom stereocenters. The van der Waals surface area contributed by atoms with E-state index in [4.69, 9.17) is 0 Å². The molecule has 1 N–H and O–H groups in total. The Balaban J connectivity index is 1.95. The first kappa shape index (κ1) is 14.0. The summed E-state index contributed by atoms with van der Waals surface area (Å²) in [7, 11) is 0. The summed E-state index contributed by atoms with van der Waals surface area (Å²) in [5.41, 5.74) is 3.92. The van der Waals surface area contributed by atoms with Gasteiger partial charge in [-0.15, -0.1) is 23.1 Å². The zero-order valence-electron chi connectivity index (χ0n) is 12.4. The average Bonchev–Trinajstić information content (AvgIpc) is 2.84. The molecule has 0 aliphatic carbocycles. The highest BCUT2D eigenvalue weighted by Gasteiger charge is 2.20. The lowest BCUT2D eigenvalue weighted by Gasteiger charge is -2.09. The van der Waals surface area contributed by atoms with E-state index < -0.39 is 0 Å². The molecule has 4 heterocycles. The third-order valence-electron chi connectivity index (χ3n) is 3.77. The smallest absolute Gasteiger partial charge is 0.260 e. The Morgan fingerprint density at radius 3 is 2.91 bits per heavy atom. The van der Waals surface area contributed by atoms with Crippen LogP contribution in [0, 0.1) is 13.8 Å². The van der Waals surface area contributed by atoms with Gasteiger partial charge in [-0.2, -0.15) is 0 Å². The van der Waals surface area contributed by atoms with Crippen molar-refractivity contribution in [1.29, 1.82) is 0 Å². The minimum Gasteiger partial charge on any atom is -0.305 e. The number of thioether (sulfide) groups is 1. The van der Waals surface area contributed by atoms with Crippen LogP contribution in [0.5, 0.6) is 0 Å². The third-order valence-corrected chi connectivity index (χ3v) is 6.29. The number of H-pyrrole nitrogens is 1. The van der Waals surface area contributed by atoms with Gasteiger partial charge in [0.1, 0.15) is 10.5 Å². The van der Waals surface area contributed by atoms with Gasteiger partial charge < -0.3 is 4.98 Å². The number of thiophene rings is 1. The van der Waals surface area contributed by atoms with Gasteiger partial charge in [0.05, 0.1) is 9.60 Å². The lowest BCUT2D eigenvalue weighted by atomic mass is 10.1. The molecule has 0 radical (unpaired) electrons. The first-order chi connectivity index (χ1) is 10.6. The van der Waals surface area contributed by atoms with Crippen molar-refractivity contribution in [2.45, 2.75) is 30.9 Å². The van der Waals surface area contributed by atoms with Gasteiger partial charge in [-0.05, 0) is 55.7 Å². The molecule has 6 heteroatoms. The summed E-state index contributed by atoms with van der Waals surface area (Å²) in [5, 5.41) is 0.778. The van der Waals surface area contributed by atoms with E-state index in [9.17, 15) is 4.79 Å². The van der Waals surface area contributed by atoms with Crippen molar-refractivity contribution in [2.24, 2.45) is 0 Å². The highest BCUT2D eigenvalue weighted by molar-refractivity contribution is 8.01. The maximum atomic E-state index is 12.5. The number of nitrogens with zero attached hydrogens (tertiary/aromatic N) is 2. The molecular weight excluding hydrogens is 314 g/mol. The summed E-state index contributed by atoms with van der Waals surface area (Å²) < 4.78 is 1.25. The number of hydrogen-bond donors (Lipinski definition) is 1. The maximum Gasteiger partial charge on any atom is 0.260 e. The molecule has 1 aliphatic rings. The lowest BCUT2D eigenvalue weighted by molar-refractivity contribution is 0.910. The van der Waals surface area contributed by atoms with Crippen molar-refractivity contribution >= 4 is 33.3 Å². The summed E-state index contributed by atoms with van der Waals surface area (Å²) in [6, 6.07) is 3.97. The number of fused-ring (bicyclic) bond motifs is 3.